The summed E-state index contributed by atoms with van der Waals surface area (Å²) in [5.41, 5.74) is 38.4. The van der Waals surface area contributed by atoms with Crippen molar-refractivity contribution < 1.29 is 13.3 Å². The molecule has 0 bridgehead atoms. The van der Waals surface area contributed by atoms with E-state index < -0.39 is 12.1 Å². The van der Waals surface area contributed by atoms with Crippen LogP contribution < -0.4 is 26.2 Å². The van der Waals surface area contributed by atoms with Gasteiger partial charge in [0.15, 0.2) is 0 Å². The van der Waals surface area contributed by atoms with Gasteiger partial charge in [-0.1, -0.05) is 319 Å². The predicted octanol–water partition coefficient (Wildman–Crippen LogP) is 33.8. The highest BCUT2D eigenvalue weighted by Gasteiger charge is 2.48. The summed E-state index contributed by atoms with van der Waals surface area (Å²) in [6.45, 7) is 42.0. The summed E-state index contributed by atoms with van der Waals surface area (Å²) in [5, 5.41) is 11.3. The Balaban J connectivity index is 0.907. The maximum Gasteiger partial charge on any atom is 0.252 e. The molecule has 0 atom stereocenters. The van der Waals surface area contributed by atoms with Crippen molar-refractivity contribution in [3.8, 4) is 67.0 Å². The maximum absolute atomic E-state index is 7.44. The normalized spacial score (nSPS) is 13.4. The van der Waals surface area contributed by atoms with Crippen LogP contribution in [0.15, 0.2) is 347 Å². The van der Waals surface area contributed by atoms with Crippen LogP contribution in [0.3, 0.4) is 0 Å². The highest BCUT2D eigenvalue weighted by Crippen LogP contribution is 2.59. The molecule has 0 aliphatic carbocycles. The standard InChI is InChI=1S/C126H109BN4O3/c1-121(2,3)77-50-58-102-93(64-77)94-65-78(122(4,5)6)51-59-103(94)128(102)83-54-56-100-106(72-83)130(118-92(75-36-23-20-24-37-75)62-76(74-34-21-19-22-35-74)63-97(118)89-44-31-43-88-85-38-25-28-45-110(85)134-120(88)89)108-70-82(126(16,17)18)71-109-117(108)127(100)101-57-55-84(129-104-60-52-79(123(7,8)9)66-95(104)96-67-80(124(10,11)12)53-61-105(96)129)73-107(101)131(109)119-98(86-41-32-48-113-115(86)90-39-26-29-46-111(90)132-113)68-81(125(13,14)15)69-99(119)87-42-33-49-114-116(87)91-40-27-30-47-112(91)133-114/h19-73H,1-18H3. The van der Waals surface area contributed by atoms with Gasteiger partial charge in [0.1, 0.15) is 33.5 Å². The Morgan fingerprint density at radius 3 is 0.993 bits per heavy atom. The van der Waals surface area contributed by atoms with Crippen LogP contribution in [0.4, 0.5) is 34.1 Å². The Morgan fingerprint density at radius 2 is 0.560 bits per heavy atom. The van der Waals surface area contributed by atoms with Crippen LogP contribution in [0.1, 0.15) is 158 Å². The molecule has 0 N–H and O–H groups in total. The molecule has 24 rings (SSSR count). The average Bonchev–Trinajstić information content (AvgIpc) is 0.789. The van der Waals surface area contributed by atoms with Gasteiger partial charge < -0.3 is 32.2 Å². The number of aromatic nitrogens is 2. The van der Waals surface area contributed by atoms with E-state index in [4.69, 9.17) is 13.3 Å². The molecular formula is C126H109BN4O3. The number of hydrogen-bond donors (Lipinski definition) is 0. The number of para-hydroxylation sites is 4. The molecule has 17 aromatic carbocycles. The second-order valence-corrected chi connectivity index (χ2v) is 44.0. The number of fused-ring (bicyclic) bond motifs is 19. The summed E-state index contributed by atoms with van der Waals surface area (Å²) in [6, 6.07) is 128. The fraction of sp³-hybridized carbons (Fsp3) is 0.190. The molecule has 0 radical (unpaired) electrons. The maximum atomic E-state index is 7.44. The Morgan fingerprint density at radius 1 is 0.216 bits per heavy atom. The second-order valence-electron chi connectivity index (χ2n) is 44.0. The zero-order valence-electron chi connectivity index (χ0n) is 79.8. The summed E-state index contributed by atoms with van der Waals surface area (Å²) in [4.78, 5) is 5.52. The molecule has 0 saturated carbocycles. The first-order valence-corrected chi connectivity index (χ1v) is 47.7. The summed E-state index contributed by atoms with van der Waals surface area (Å²) < 4.78 is 26.8. The van der Waals surface area contributed by atoms with E-state index in [0.717, 1.165) is 194 Å². The third-order valence-electron chi connectivity index (χ3n) is 29.2. The molecule has 2 aliphatic rings. The van der Waals surface area contributed by atoms with E-state index >= 15 is 0 Å². The van der Waals surface area contributed by atoms with Crippen LogP contribution in [0.5, 0.6) is 0 Å². The van der Waals surface area contributed by atoms with Crippen LogP contribution >= 0.6 is 0 Å². The lowest BCUT2D eigenvalue weighted by Crippen LogP contribution is -2.61. The van der Waals surface area contributed by atoms with E-state index in [9.17, 15) is 0 Å². The van der Waals surface area contributed by atoms with Crippen molar-refractivity contribution in [2.45, 2.75) is 157 Å². The van der Waals surface area contributed by atoms with Gasteiger partial charge in [-0.15, -0.1) is 0 Å². The lowest BCUT2D eigenvalue weighted by molar-refractivity contribution is 0.590. The minimum absolute atomic E-state index is 0.113. The van der Waals surface area contributed by atoms with E-state index in [1.54, 1.807) is 0 Å². The summed E-state index contributed by atoms with van der Waals surface area (Å²) in [5.74, 6) is 0. The van der Waals surface area contributed by atoms with Crippen molar-refractivity contribution in [2.75, 3.05) is 9.80 Å². The van der Waals surface area contributed by atoms with Gasteiger partial charge in [-0.05, 0) is 250 Å². The topological polar surface area (TPSA) is 55.8 Å². The van der Waals surface area contributed by atoms with Gasteiger partial charge in [0.2, 0.25) is 0 Å². The van der Waals surface area contributed by atoms with Gasteiger partial charge in [-0.25, -0.2) is 0 Å². The molecule has 134 heavy (non-hydrogen) atoms. The number of rotatable bonds is 9. The van der Waals surface area contributed by atoms with Crippen LogP contribution in [-0.2, 0) is 32.5 Å². The van der Waals surface area contributed by atoms with Crippen molar-refractivity contribution in [1.29, 1.82) is 0 Å². The zero-order chi connectivity index (χ0) is 92.0. The Labute approximate surface area is 784 Å². The van der Waals surface area contributed by atoms with E-state index in [-0.39, 0.29) is 27.1 Å². The van der Waals surface area contributed by atoms with Gasteiger partial charge in [-0.3, -0.25) is 0 Å². The Hall–Kier alpha value is -14.6. The number of anilines is 6. The van der Waals surface area contributed by atoms with E-state index in [1.165, 1.54) is 65.9 Å². The molecule has 22 aromatic rings. The number of furan rings is 3. The molecule has 7 nitrogen and oxygen atoms in total. The monoisotopic (exact) mass is 1740 g/mol. The molecule has 654 valence electrons. The Kier molecular flexibility index (Phi) is 18.1. The molecule has 5 aromatic heterocycles. The van der Waals surface area contributed by atoms with Gasteiger partial charge in [-0.2, -0.15) is 0 Å². The third kappa shape index (κ3) is 13.0. The lowest BCUT2D eigenvalue weighted by Gasteiger charge is -2.46. The van der Waals surface area contributed by atoms with Gasteiger partial charge in [0, 0.05) is 116 Å². The first-order valence-electron chi connectivity index (χ1n) is 47.7. The van der Waals surface area contributed by atoms with Crippen molar-refractivity contribution in [3.05, 3.63) is 367 Å². The van der Waals surface area contributed by atoms with Crippen LogP contribution in [0.25, 0.3) is 176 Å². The van der Waals surface area contributed by atoms with Crippen LogP contribution in [0, 0.1) is 0 Å². The van der Waals surface area contributed by atoms with Crippen LogP contribution in [0.2, 0.25) is 0 Å². The molecule has 7 heterocycles. The second kappa shape index (κ2) is 29.5. The largest absolute Gasteiger partial charge is 0.456 e. The summed E-state index contributed by atoms with van der Waals surface area (Å²) >= 11 is 0. The summed E-state index contributed by atoms with van der Waals surface area (Å²) in [6.07, 6.45) is 0. The highest BCUT2D eigenvalue weighted by molar-refractivity contribution is 7.00. The zero-order valence-corrected chi connectivity index (χ0v) is 79.8. The first-order chi connectivity index (χ1) is 64.2. The Bertz CT molecular complexity index is 8420. The number of nitrogens with zero attached hydrogens (tertiary/aromatic N) is 4. The molecule has 8 heteroatoms. The third-order valence-corrected chi connectivity index (χ3v) is 29.2. The fourth-order valence-corrected chi connectivity index (χ4v) is 22.0. The molecule has 0 amide bonds. The number of benzene rings is 17. The summed E-state index contributed by atoms with van der Waals surface area (Å²) in [7, 11) is 0. The SMILES string of the molecule is CC(C)(C)c1cc(-c2cccc3oc4ccccc4c23)c(N2c3cc(-n4c5ccc(C(C)(C)C)cc5c5cc(C(C)(C)C)ccc54)ccc3B3c4ccc(-n5c6ccc(C(C)(C)C)cc6c6cc(C(C)(C)C)ccc65)cc4N(c4c(-c5ccccc5)cc(-c5ccccc5)cc4-c4cccc5c4oc4ccccc45)c4cc(C(C)(C)C)cc2c43)c(-c2cccc3oc4ccccc4c23)c1. The minimum atomic E-state index is -0.476. The van der Waals surface area contributed by atoms with Crippen LogP contribution in [-0.4, -0.2) is 15.8 Å². The molecular weight excluding hydrogens is 1630 g/mol. The van der Waals surface area contributed by atoms with Crippen molar-refractivity contribution in [2.24, 2.45) is 0 Å². The predicted molar refractivity (Wildman–Crippen MR) is 570 cm³/mol. The fourth-order valence-electron chi connectivity index (χ4n) is 22.0. The van der Waals surface area contributed by atoms with Gasteiger partial charge in [0.05, 0.1) is 33.4 Å². The van der Waals surface area contributed by atoms with E-state index in [0.29, 0.717) is 0 Å². The molecule has 0 saturated heterocycles. The highest BCUT2D eigenvalue weighted by atomic mass is 16.3. The molecule has 0 spiro atoms. The minimum Gasteiger partial charge on any atom is -0.456 e. The quantitative estimate of drug-likeness (QED) is 0.135. The van der Waals surface area contributed by atoms with Crippen molar-refractivity contribution >= 4 is 167 Å². The smallest absolute Gasteiger partial charge is 0.252 e. The molecule has 0 unspecified atom stereocenters. The first kappa shape index (κ1) is 82.5. The molecule has 0 fully saturated rings. The van der Waals surface area contributed by atoms with E-state index in [1.807, 2.05) is 0 Å². The van der Waals surface area contributed by atoms with Gasteiger partial charge >= 0.3 is 0 Å². The lowest BCUT2D eigenvalue weighted by atomic mass is 9.33. The van der Waals surface area contributed by atoms with E-state index in [2.05, 4.69) is 477 Å². The number of hydrogen-bond acceptors (Lipinski definition) is 5. The average molecular weight is 1740 g/mol. The van der Waals surface area contributed by atoms with Crippen molar-refractivity contribution in [3.63, 3.8) is 0 Å². The van der Waals surface area contributed by atoms with Gasteiger partial charge in [0.25, 0.3) is 6.71 Å². The molecule has 2 aliphatic heterocycles. The van der Waals surface area contributed by atoms with Crippen molar-refractivity contribution in [1.82, 2.24) is 9.13 Å².